The van der Waals surface area contributed by atoms with Crippen molar-refractivity contribution >= 4 is 5.82 Å². The lowest BCUT2D eigenvalue weighted by Crippen LogP contribution is -2.36. The van der Waals surface area contributed by atoms with Gasteiger partial charge >= 0.3 is 0 Å². The van der Waals surface area contributed by atoms with Gasteiger partial charge in [-0.15, -0.1) is 0 Å². The van der Waals surface area contributed by atoms with Crippen LogP contribution in [0.5, 0.6) is 5.88 Å². The predicted molar refractivity (Wildman–Crippen MR) is 91.0 cm³/mol. The average Bonchev–Trinajstić information content (AvgIpc) is 2.60. The summed E-state index contributed by atoms with van der Waals surface area (Å²) in [5, 5.41) is 0. The molecule has 1 saturated heterocycles. The van der Waals surface area contributed by atoms with E-state index in [2.05, 4.69) is 19.9 Å². The van der Waals surface area contributed by atoms with Crippen molar-refractivity contribution in [2.75, 3.05) is 24.6 Å². The molecule has 1 saturated carbocycles. The van der Waals surface area contributed by atoms with E-state index in [1.165, 1.54) is 31.8 Å². The SMILES string of the molecule is Fc1cncnc1N1CCC(COc2cc(C3CCC3)ncn2)CC1. The van der Waals surface area contributed by atoms with Crippen LogP contribution in [-0.4, -0.2) is 39.6 Å². The van der Waals surface area contributed by atoms with Crippen LogP contribution in [0.1, 0.15) is 43.7 Å². The Kier molecular flexibility index (Phi) is 4.72. The van der Waals surface area contributed by atoms with Crippen LogP contribution in [0.15, 0.2) is 24.9 Å². The second-order valence-corrected chi connectivity index (χ2v) is 6.84. The van der Waals surface area contributed by atoms with Crippen molar-refractivity contribution < 1.29 is 9.13 Å². The lowest BCUT2D eigenvalue weighted by atomic mass is 9.83. The quantitative estimate of drug-likeness (QED) is 0.832. The molecular formula is C18H22FN5O. The second-order valence-electron chi connectivity index (χ2n) is 6.84. The molecule has 1 aliphatic heterocycles. The minimum absolute atomic E-state index is 0.360. The van der Waals surface area contributed by atoms with Crippen molar-refractivity contribution in [3.8, 4) is 5.88 Å². The van der Waals surface area contributed by atoms with Crippen molar-refractivity contribution in [2.45, 2.75) is 38.0 Å². The number of nitrogens with zero attached hydrogens (tertiary/aromatic N) is 5. The molecule has 3 heterocycles. The highest BCUT2D eigenvalue weighted by atomic mass is 19.1. The fourth-order valence-electron chi connectivity index (χ4n) is 3.41. The van der Waals surface area contributed by atoms with Gasteiger partial charge in [-0.05, 0) is 31.6 Å². The van der Waals surface area contributed by atoms with Crippen molar-refractivity contribution in [3.63, 3.8) is 0 Å². The number of aromatic nitrogens is 4. The molecule has 0 bridgehead atoms. The molecule has 132 valence electrons. The Labute approximate surface area is 146 Å². The molecule has 7 heteroatoms. The molecule has 4 rings (SSSR count). The maximum absolute atomic E-state index is 13.8. The van der Waals surface area contributed by atoms with Gasteiger partial charge in [0.2, 0.25) is 5.88 Å². The number of hydrogen-bond acceptors (Lipinski definition) is 6. The molecule has 2 aromatic rings. The molecule has 25 heavy (non-hydrogen) atoms. The van der Waals surface area contributed by atoms with E-state index in [0.29, 0.717) is 30.1 Å². The van der Waals surface area contributed by atoms with E-state index in [0.717, 1.165) is 31.6 Å². The summed E-state index contributed by atoms with van der Waals surface area (Å²) >= 11 is 0. The maximum atomic E-state index is 13.8. The average molecular weight is 343 g/mol. The van der Waals surface area contributed by atoms with Crippen LogP contribution < -0.4 is 9.64 Å². The minimum Gasteiger partial charge on any atom is -0.477 e. The molecule has 2 aliphatic rings. The summed E-state index contributed by atoms with van der Waals surface area (Å²) in [7, 11) is 0. The van der Waals surface area contributed by atoms with Gasteiger partial charge in [-0.2, -0.15) is 0 Å². The third-order valence-electron chi connectivity index (χ3n) is 5.22. The summed E-state index contributed by atoms with van der Waals surface area (Å²) in [6.07, 6.45) is 9.83. The van der Waals surface area contributed by atoms with Crippen LogP contribution in [0.3, 0.4) is 0 Å². The zero-order valence-electron chi connectivity index (χ0n) is 14.1. The van der Waals surface area contributed by atoms with Gasteiger partial charge in [0.05, 0.1) is 18.5 Å². The summed E-state index contributed by atoms with van der Waals surface area (Å²) in [5.41, 5.74) is 1.10. The van der Waals surface area contributed by atoms with Gasteiger partial charge in [-0.3, -0.25) is 0 Å². The molecule has 2 fully saturated rings. The van der Waals surface area contributed by atoms with Gasteiger partial charge in [-0.1, -0.05) is 6.42 Å². The Bertz CT molecular complexity index is 716. The number of hydrogen-bond donors (Lipinski definition) is 0. The predicted octanol–water partition coefficient (Wildman–Crippen LogP) is 2.97. The number of rotatable bonds is 5. The minimum atomic E-state index is -0.360. The van der Waals surface area contributed by atoms with E-state index >= 15 is 0 Å². The molecule has 1 aliphatic carbocycles. The first-order valence-corrected chi connectivity index (χ1v) is 8.95. The molecule has 2 aromatic heterocycles. The third-order valence-corrected chi connectivity index (χ3v) is 5.22. The highest BCUT2D eigenvalue weighted by molar-refractivity contribution is 5.38. The molecular weight excluding hydrogens is 321 g/mol. The molecule has 6 nitrogen and oxygen atoms in total. The zero-order valence-corrected chi connectivity index (χ0v) is 14.1. The van der Waals surface area contributed by atoms with Gasteiger partial charge in [0, 0.05) is 25.1 Å². The van der Waals surface area contributed by atoms with Gasteiger partial charge in [0.25, 0.3) is 0 Å². The van der Waals surface area contributed by atoms with Crippen molar-refractivity contribution in [2.24, 2.45) is 5.92 Å². The summed E-state index contributed by atoms with van der Waals surface area (Å²) in [5.74, 6) is 1.73. The van der Waals surface area contributed by atoms with Gasteiger partial charge < -0.3 is 9.64 Å². The first-order chi connectivity index (χ1) is 12.3. The van der Waals surface area contributed by atoms with E-state index in [4.69, 9.17) is 4.74 Å². The van der Waals surface area contributed by atoms with Crippen LogP contribution >= 0.6 is 0 Å². The fraction of sp³-hybridized carbons (Fsp3) is 0.556. The summed E-state index contributed by atoms with van der Waals surface area (Å²) in [4.78, 5) is 18.3. The van der Waals surface area contributed by atoms with Crippen LogP contribution in [0, 0.1) is 11.7 Å². The molecule has 0 spiro atoms. The van der Waals surface area contributed by atoms with Crippen molar-refractivity contribution in [3.05, 3.63) is 36.4 Å². The fourth-order valence-corrected chi connectivity index (χ4v) is 3.41. The number of piperidine rings is 1. The first kappa shape index (κ1) is 16.2. The highest BCUT2D eigenvalue weighted by Gasteiger charge is 2.24. The topological polar surface area (TPSA) is 64.0 Å². The molecule has 0 N–H and O–H groups in total. The van der Waals surface area contributed by atoms with Gasteiger partial charge in [0.1, 0.15) is 12.7 Å². The maximum Gasteiger partial charge on any atom is 0.216 e. The van der Waals surface area contributed by atoms with Gasteiger partial charge in [-0.25, -0.2) is 24.3 Å². The Morgan fingerprint density at radius 2 is 1.92 bits per heavy atom. The normalized spacial score (nSPS) is 18.8. The smallest absolute Gasteiger partial charge is 0.216 e. The molecule has 0 radical (unpaired) electrons. The zero-order chi connectivity index (χ0) is 17.1. The first-order valence-electron chi connectivity index (χ1n) is 8.95. The van der Waals surface area contributed by atoms with E-state index < -0.39 is 0 Å². The lowest BCUT2D eigenvalue weighted by Gasteiger charge is -2.32. The summed E-state index contributed by atoms with van der Waals surface area (Å²) in [6.45, 7) is 2.19. The van der Waals surface area contributed by atoms with Crippen molar-refractivity contribution in [1.29, 1.82) is 0 Å². The molecule has 0 amide bonds. The Balaban J connectivity index is 1.28. The Morgan fingerprint density at radius 1 is 1.08 bits per heavy atom. The second kappa shape index (κ2) is 7.29. The van der Waals surface area contributed by atoms with Gasteiger partial charge in [0.15, 0.2) is 11.6 Å². The number of ether oxygens (including phenoxy) is 1. The van der Waals surface area contributed by atoms with Crippen molar-refractivity contribution in [1.82, 2.24) is 19.9 Å². The monoisotopic (exact) mass is 343 g/mol. The van der Waals surface area contributed by atoms with E-state index in [-0.39, 0.29) is 5.82 Å². The largest absolute Gasteiger partial charge is 0.477 e. The van der Waals surface area contributed by atoms with E-state index in [9.17, 15) is 4.39 Å². The molecule has 0 aromatic carbocycles. The summed E-state index contributed by atoms with van der Waals surface area (Å²) in [6, 6.07) is 1.98. The lowest BCUT2D eigenvalue weighted by molar-refractivity contribution is 0.214. The highest BCUT2D eigenvalue weighted by Crippen LogP contribution is 2.35. The Hall–Kier alpha value is -2.31. The van der Waals surface area contributed by atoms with Crippen LogP contribution in [0.4, 0.5) is 10.2 Å². The van der Waals surface area contributed by atoms with Crippen LogP contribution in [-0.2, 0) is 0 Å². The van der Waals surface area contributed by atoms with E-state index in [1.807, 2.05) is 11.0 Å². The molecule has 0 atom stereocenters. The van der Waals surface area contributed by atoms with Crippen LogP contribution in [0.25, 0.3) is 0 Å². The third kappa shape index (κ3) is 3.70. The number of anilines is 1. The summed E-state index contributed by atoms with van der Waals surface area (Å²) < 4.78 is 19.7. The molecule has 0 unspecified atom stereocenters. The van der Waals surface area contributed by atoms with Crippen LogP contribution in [0.2, 0.25) is 0 Å². The standard InChI is InChI=1S/C18H22FN5O/c19-15-9-20-11-23-18(15)24-6-4-13(5-7-24)10-25-17-8-16(21-12-22-17)14-2-1-3-14/h8-9,11-14H,1-7,10H2. The number of halogens is 1. The Morgan fingerprint density at radius 3 is 2.64 bits per heavy atom. The van der Waals surface area contributed by atoms with E-state index in [1.54, 1.807) is 6.33 Å².